The fourth-order valence-corrected chi connectivity index (χ4v) is 5.16. The maximum atomic E-state index is 13.1. The number of carbonyl (C=O) groups excluding carboxylic acids is 2. The van der Waals surface area contributed by atoms with E-state index in [0.717, 1.165) is 45.1 Å². The summed E-state index contributed by atoms with van der Waals surface area (Å²) in [5.41, 5.74) is 0.699. The standard InChI is InChI=1S/C21H33NO3/c1-15-13-17-9-8-16-7-5-11-22(19(24)25-20(2,3)4)12-6-10-21(16,17)18(23)14-15/h8,15,17H,5-7,9-14H2,1-4H3/t15?,17?,21-/m1/s1. The van der Waals surface area contributed by atoms with E-state index in [0.29, 0.717) is 24.2 Å². The molecular weight excluding hydrogens is 314 g/mol. The Morgan fingerprint density at radius 3 is 2.72 bits per heavy atom. The molecule has 4 heteroatoms. The van der Waals surface area contributed by atoms with Crippen molar-refractivity contribution in [2.45, 2.75) is 78.2 Å². The first-order valence-electron chi connectivity index (χ1n) is 9.93. The van der Waals surface area contributed by atoms with Crippen LogP contribution in [0.2, 0.25) is 0 Å². The van der Waals surface area contributed by atoms with Crippen LogP contribution < -0.4 is 0 Å². The van der Waals surface area contributed by atoms with Crippen molar-refractivity contribution in [3.8, 4) is 0 Å². The molecule has 3 aliphatic rings. The Balaban J connectivity index is 1.74. The lowest BCUT2D eigenvalue weighted by Gasteiger charge is -2.43. The Morgan fingerprint density at radius 1 is 1.28 bits per heavy atom. The third-order valence-electron chi connectivity index (χ3n) is 6.16. The second-order valence-corrected chi connectivity index (χ2v) is 9.28. The molecule has 2 fully saturated rings. The van der Waals surface area contributed by atoms with Crippen LogP contribution in [0, 0.1) is 17.3 Å². The maximum absolute atomic E-state index is 13.1. The predicted molar refractivity (Wildman–Crippen MR) is 98.3 cm³/mol. The van der Waals surface area contributed by atoms with E-state index in [1.165, 1.54) is 12.0 Å². The summed E-state index contributed by atoms with van der Waals surface area (Å²) in [5.74, 6) is 1.47. The Morgan fingerprint density at radius 2 is 2.00 bits per heavy atom. The summed E-state index contributed by atoms with van der Waals surface area (Å²) in [6.45, 7) is 9.34. The fourth-order valence-electron chi connectivity index (χ4n) is 5.16. The largest absolute Gasteiger partial charge is 0.444 e. The SMILES string of the molecule is CC1CC(=O)[C@]23CCCN(C(=O)OC(C)(C)C)CCCC2=CCC3C1. The van der Waals surface area contributed by atoms with Crippen LogP contribution in [0.15, 0.2) is 11.6 Å². The highest BCUT2D eigenvalue weighted by Gasteiger charge is 2.52. The van der Waals surface area contributed by atoms with Gasteiger partial charge in [0.25, 0.3) is 0 Å². The van der Waals surface area contributed by atoms with Gasteiger partial charge in [0.1, 0.15) is 11.4 Å². The number of nitrogens with zero attached hydrogens (tertiary/aromatic N) is 1. The summed E-state index contributed by atoms with van der Waals surface area (Å²) < 4.78 is 5.55. The molecule has 3 rings (SSSR count). The smallest absolute Gasteiger partial charge is 0.410 e. The van der Waals surface area contributed by atoms with Crippen molar-refractivity contribution < 1.29 is 14.3 Å². The average molecular weight is 347 g/mol. The van der Waals surface area contributed by atoms with E-state index in [9.17, 15) is 9.59 Å². The minimum Gasteiger partial charge on any atom is -0.444 e. The summed E-state index contributed by atoms with van der Waals surface area (Å²) in [7, 11) is 0. The van der Waals surface area contributed by atoms with Crippen molar-refractivity contribution in [2.75, 3.05) is 13.1 Å². The highest BCUT2D eigenvalue weighted by Crippen LogP contribution is 2.56. The molecule has 0 bridgehead atoms. The van der Waals surface area contributed by atoms with Gasteiger partial charge in [-0.25, -0.2) is 4.79 Å². The topological polar surface area (TPSA) is 46.6 Å². The van der Waals surface area contributed by atoms with E-state index in [4.69, 9.17) is 4.74 Å². The molecule has 0 radical (unpaired) electrons. The lowest BCUT2D eigenvalue weighted by atomic mass is 9.59. The third-order valence-corrected chi connectivity index (χ3v) is 6.16. The highest BCUT2D eigenvalue weighted by molar-refractivity contribution is 5.90. The van der Waals surface area contributed by atoms with Crippen LogP contribution in [-0.4, -0.2) is 35.5 Å². The highest BCUT2D eigenvalue weighted by atomic mass is 16.6. The maximum Gasteiger partial charge on any atom is 0.410 e. The number of hydrogen-bond donors (Lipinski definition) is 0. The molecule has 0 aromatic heterocycles. The van der Waals surface area contributed by atoms with Gasteiger partial charge in [-0.2, -0.15) is 0 Å². The minimum atomic E-state index is -0.464. The van der Waals surface area contributed by atoms with E-state index in [2.05, 4.69) is 13.0 Å². The zero-order valence-corrected chi connectivity index (χ0v) is 16.3. The van der Waals surface area contributed by atoms with Gasteiger partial charge in [0, 0.05) is 19.5 Å². The molecule has 25 heavy (non-hydrogen) atoms. The Bertz CT molecular complexity index is 574. The number of allylic oxidation sites excluding steroid dienone is 2. The van der Waals surface area contributed by atoms with Crippen LogP contribution >= 0.6 is 0 Å². The van der Waals surface area contributed by atoms with Gasteiger partial charge in [-0.15, -0.1) is 0 Å². The van der Waals surface area contributed by atoms with Crippen molar-refractivity contribution in [3.05, 3.63) is 11.6 Å². The average Bonchev–Trinajstić information content (AvgIpc) is 2.86. The Labute approximate surface area is 152 Å². The summed E-state index contributed by atoms with van der Waals surface area (Å²) in [6.07, 6.45) is 8.74. The van der Waals surface area contributed by atoms with Crippen molar-refractivity contribution in [3.63, 3.8) is 0 Å². The van der Waals surface area contributed by atoms with E-state index < -0.39 is 5.60 Å². The first-order chi connectivity index (χ1) is 11.7. The van der Waals surface area contributed by atoms with Crippen LogP contribution in [0.3, 0.4) is 0 Å². The van der Waals surface area contributed by atoms with Crippen LogP contribution in [-0.2, 0) is 9.53 Å². The monoisotopic (exact) mass is 347 g/mol. The quantitative estimate of drug-likeness (QED) is 0.595. The number of carbonyl (C=O) groups is 2. The van der Waals surface area contributed by atoms with Crippen molar-refractivity contribution in [2.24, 2.45) is 17.3 Å². The van der Waals surface area contributed by atoms with Crippen LogP contribution in [0.5, 0.6) is 0 Å². The van der Waals surface area contributed by atoms with E-state index in [1.54, 1.807) is 0 Å². The minimum absolute atomic E-state index is 0.212. The molecule has 1 heterocycles. The van der Waals surface area contributed by atoms with Gasteiger partial charge in [-0.3, -0.25) is 4.79 Å². The Kier molecular flexibility index (Phi) is 5.00. The predicted octanol–water partition coefficient (Wildman–Crippen LogP) is 4.73. The molecule has 140 valence electrons. The van der Waals surface area contributed by atoms with Gasteiger partial charge in [0.2, 0.25) is 0 Å². The van der Waals surface area contributed by atoms with Gasteiger partial charge >= 0.3 is 6.09 Å². The second-order valence-electron chi connectivity index (χ2n) is 9.28. The molecule has 1 aliphatic heterocycles. The zero-order chi connectivity index (χ0) is 18.2. The summed E-state index contributed by atoms with van der Waals surface area (Å²) >= 11 is 0. The lowest BCUT2D eigenvalue weighted by Crippen LogP contribution is -2.43. The Hall–Kier alpha value is -1.32. The normalized spacial score (nSPS) is 33.5. The van der Waals surface area contributed by atoms with Gasteiger partial charge in [0.15, 0.2) is 0 Å². The molecule has 1 saturated heterocycles. The number of rotatable bonds is 0. The molecule has 4 nitrogen and oxygen atoms in total. The summed E-state index contributed by atoms with van der Waals surface area (Å²) in [6, 6.07) is 0. The molecule has 0 aromatic carbocycles. The van der Waals surface area contributed by atoms with Gasteiger partial charge < -0.3 is 9.64 Å². The third kappa shape index (κ3) is 3.63. The molecule has 0 aromatic rings. The van der Waals surface area contributed by atoms with Gasteiger partial charge in [-0.1, -0.05) is 18.6 Å². The molecule has 3 atom stereocenters. The number of amides is 1. The first kappa shape index (κ1) is 18.5. The lowest BCUT2D eigenvalue weighted by molar-refractivity contribution is -0.134. The van der Waals surface area contributed by atoms with Crippen LogP contribution in [0.1, 0.15) is 72.6 Å². The molecule has 2 unspecified atom stereocenters. The molecule has 1 spiro atoms. The summed E-state index contributed by atoms with van der Waals surface area (Å²) in [4.78, 5) is 27.4. The van der Waals surface area contributed by atoms with E-state index in [-0.39, 0.29) is 11.5 Å². The zero-order valence-electron chi connectivity index (χ0n) is 16.3. The molecule has 0 N–H and O–H groups in total. The van der Waals surface area contributed by atoms with Gasteiger partial charge in [-0.05, 0) is 71.1 Å². The number of Topliss-reactive ketones (excluding diaryl/α,β-unsaturated/α-hetero) is 1. The van der Waals surface area contributed by atoms with Crippen LogP contribution in [0.25, 0.3) is 0 Å². The van der Waals surface area contributed by atoms with Crippen molar-refractivity contribution in [1.29, 1.82) is 0 Å². The van der Waals surface area contributed by atoms with E-state index in [1.807, 2.05) is 25.7 Å². The molecular formula is C21H33NO3. The number of ketones is 1. The fraction of sp³-hybridized carbons (Fsp3) is 0.810. The summed E-state index contributed by atoms with van der Waals surface area (Å²) in [5, 5.41) is 0. The molecule has 2 aliphatic carbocycles. The first-order valence-corrected chi connectivity index (χ1v) is 9.93. The van der Waals surface area contributed by atoms with E-state index >= 15 is 0 Å². The van der Waals surface area contributed by atoms with Crippen molar-refractivity contribution in [1.82, 2.24) is 4.90 Å². The van der Waals surface area contributed by atoms with Gasteiger partial charge in [0.05, 0.1) is 5.41 Å². The molecule has 1 amide bonds. The molecule has 1 saturated carbocycles. The van der Waals surface area contributed by atoms with Crippen LogP contribution in [0.4, 0.5) is 4.79 Å². The second kappa shape index (κ2) is 6.77. The number of hydrogen-bond acceptors (Lipinski definition) is 3. The number of ether oxygens (including phenoxy) is 1. The van der Waals surface area contributed by atoms with Crippen molar-refractivity contribution >= 4 is 11.9 Å².